The van der Waals surface area contributed by atoms with Gasteiger partial charge in [-0.15, -0.1) is 0 Å². The highest BCUT2D eigenvalue weighted by molar-refractivity contribution is 5.91. The van der Waals surface area contributed by atoms with Crippen LogP contribution in [0.4, 0.5) is 38.4 Å². The summed E-state index contributed by atoms with van der Waals surface area (Å²) in [6.45, 7) is -1.31. The maximum absolute atomic E-state index is 15.7. The fourth-order valence-corrected chi connectivity index (χ4v) is 13.1. The van der Waals surface area contributed by atoms with Crippen LogP contribution in [-0.4, -0.2) is 231 Å². The summed E-state index contributed by atoms with van der Waals surface area (Å²) in [6, 6.07) is 33.3. The number of rotatable bonds is 8. The number of hydrogen-bond donors (Lipinski definition) is 0. The van der Waals surface area contributed by atoms with Gasteiger partial charge in [-0.3, -0.25) is 58.8 Å². The molecule has 24 heteroatoms. The Morgan fingerprint density at radius 1 is 0.263 bits per heavy atom. The van der Waals surface area contributed by atoms with E-state index in [1.165, 1.54) is 58.8 Å². The molecule has 4 aromatic rings. The zero-order valence-electron chi connectivity index (χ0n) is 42.2. The van der Waals surface area contributed by atoms with Crippen molar-refractivity contribution >= 4 is 48.2 Å². The third-order valence-corrected chi connectivity index (χ3v) is 16.6. The molecule has 8 bridgehead atoms. The Morgan fingerprint density at radius 3 is 0.618 bits per heavy atom. The number of amides is 16. The van der Waals surface area contributed by atoms with E-state index < -0.39 is 124 Å². The normalized spacial score (nSPS) is 28.1. The van der Waals surface area contributed by atoms with Crippen LogP contribution in [0.25, 0.3) is 0 Å². The molecule has 9 heterocycles. The maximum atomic E-state index is 15.7. The minimum atomic E-state index is -1.02. The largest absolute Gasteiger partial charge is 0.326 e. The molecule has 8 atom stereocenters. The molecule has 13 rings (SSSR count). The molecule has 9 aliphatic rings. The van der Waals surface area contributed by atoms with Gasteiger partial charge < -0.3 is 19.6 Å². The number of nitrogens with zero attached hydrogens (tertiary/aromatic N) is 16. The van der Waals surface area contributed by atoms with Crippen LogP contribution in [0.2, 0.25) is 0 Å². The van der Waals surface area contributed by atoms with Gasteiger partial charge in [0.1, 0.15) is 26.7 Å². The molecule has 0 saturated carbocycles. The van der Waals surface area contributed by atoms with Gasteiger partial charge in [-0.05, 0) is 22.3 Å². The first kappa shape index (κ1) is 46.8. The zero-order valence-corrected chi connectivity index (χ0v) is 42.2. The Bertz CT molecular complexity index is 2650. The molecule has 76 heavy (non-hydrogen) atoms. The van der Waals surface area contributed by atoms with Crippen molar-refractivity contribution in [3.8, 4) is 0 Å². The SMILES string of the molecule is CN1C(=O)N(Cc2ccccc2)[C@@H]2[C@H]1N1CN3C(=O)N(CN4C(=O)N(CN5C(=O)N(CN2C1=O)[C@H]1[C@@H]5N(Cc2ccccc2)C(=O)N1C)[C@@H]1[C@H]4N(Cc2ccccc2)C(=O)N1C)[C@H]1[C@@H]3N(Cc2ccccc2)C(=O)N1C. The fourth-order valence-electron chi connectivity index (χ4n) is 13.1. The van der Waals surface area contributed by atoms with Crippen molar-refractivity contribution in [1.29, 1.82) is 0 Å². The summed E-state index contributed by atoms with van der Waals surface area (Å²) in [6.07, 6.45) is -8.16. The number of likely N-dealkylation sites (N-methyl/N-ethyl adjacent to an activating group) is 4. The lowest BCUT2D eigenvalue weighted by Crippen LogP contribution is -2.56. The summed E-state index contributed by atoms with van der Waals surface area (Å²) in [7, 11) is 6.38. The summed E-state index contributed by atoms with van der Waals surface area (Å²) in [5, 5.41) is 0. The lowest BCUT2D eigenvalue weighted by molar-refractivity contribution is 0.0487. The molecule has 0 aliphatic carbocycles. The van der Waals surface area contributed by atoms with Gasteiger partial charge in [-0.1, -0.05) is 121 Å². The first-order valence-corrected chi connectivity index (χ1v) is 25.3. The van der Waals surface area contributed by atoms with Crippen molar-refractivity contribution in [1.82, 2.24) is 78.4 Å². The number of carbonyl (C=O) groups excluding carboxylic acids is 8. The Balaban J connectivity index is 0.974. The van der Waals surface area contributed by atoms with E-state index in [1.807, 2.05) is 121 Å². The third-order valence-electron chi connectivity index (χ3n) is 16.6. The average Bonchev–Trinajstić information content (AvgIpc) is 4.46. The van der Waals surface area contributed by atoms with Crippen LogP contribution in [0.5, 0.6) is 0 Å². The van der Waals surface area contributed by atoms with Gasteiger partial charge in [-0.2, -0.15) is 0 Å². The Kier molecular flexibility index (Phi) is 10.7. The van der Waals surface area contributed by atoms with Crippen molar-refractivity contribution < 1.29 is 38.4 Å². The lowest BCUT2D eigenvalue weighted by Gasteiger charge is -2.36. The summed E-state index contributed by atoms with van der Waals surface area (Å²) in [5.41, 5.74) is 3.14. The molecular formula is C52H56N16O8. The van der Waals surface area contributed by atoms with Crippen molar-refractivity contribution in [3.05, 3.63) is 144 Å². The highest BCUT2D eigenvalue weighted by atomic mass is 16.2. The summed E-state index contributed by atoms with van der Waals surface area (Å²) < 4.78 is 0. The van der Waals surface area contributed by atoms with E-state index in [1.54, 1.807) is 47.8 Å². The summed E-state index contributed by atoms with van der Waals surface area (Å²) in [4.78, 5) is 145. The van der Waals surface area contributed by atoms with Gasteiger partial charge in [0.25, 0.3) is 0 Å². The average molecular weight is 1030 g/mol. The molecule has 0 aromatic heterocycles. The van der Waals surface area contributed by atoms with Gasteiger partial charge >= 0.3 is 48.2 Å². The number of hydrogen-bond acceptors (Lipinski definition) is 8. The van der Waals surface area contributed by atoms with Gasteiger partial charge in [-0.25, -0.2) is 38.4 Å². The fraction of sp³-hybridized carbons (Fsp3) is 0.385. The molecule has 9 saturated heterocycles. The predicted molar refractivity (Wildman–Crippen MR) is 267 cm³/mol. The molecule has 0 radical (unpaired) electrons. The molecular weight excluding hydrogens is 977 g/mol. The third kappa shape index (κ3) is 6.73. The van der Waals surface area contributed by atoms with Crippen molar-refractivity contribution in [2.24, 2.45) is 0 Å². The molecule has 9 aliphatic heterocycles. The highest BCUT2D eigenvalue weighted by Gasteiger charge is 2.68. The van der Waals surface area contributed by atoms with Gasteiger partial charge in [0.2, 0.25) is 0 Å². The first-order chi connectivity index (χ1) is 36.7. The monoisotopic (exact) mass is 1030 g/mol. The van der Waals surface area contributed by atoms with Gasteiger partial charge in [0.15, 0.2) is 49.3 Å². The quantitative estimate of drug-likeness (QED) is 0.256. The predicted octanol–water partition coefficient (Wildman–Crippen LogP) is 3.66. The molecule has 0 N–H and O–H groups in total. The smallest absolute Gasteiger partial charge is 0.303 e. The molecule has 24 nitrogen and oxygen atoms in total. The van der Waals surface area contributed by atoms with Crippen LogP contribution in [0.1, 0.15) is 22.3 Å². The van der Waals surface area contributed by atoms with Crippen LogP contribution in [0.3, 0.4) is 0 Å². The molecule has 0 unspecified atom stereocenters. The van der Waals surface area contributed by atoms with Crippen LogP contribution in [0.15, 0.2) is 121 Å². The Labute approximate surface area is 437 Å². The molecule has 9 fully saturated rings. The molecule has 392 valence electrons. The van der Waals surface area contributed by atoms with E-state index in [9.17, 15) is 19.2 Å². The minimum absolute atomic E-state index is 0.0897. The summed E-state index contributed by atoms with van der Waals surface area (Å²) >= 11 is 0. The van der Waals surface area contributed by atoms with Crippen molar-refractivity contribution in [2.45, 2.75) is 75.5 Å². The Hall–Kier alpha value is -8.96. The number of benzene rings is 4. The topological polar surface area (TPSA) is 188 Å². The van der Waals surface area contributed by atoms with Crippen LogP contribution in [-0.2, 0) is 26.2 Å². The van der Waals surface area contributed by atoms with E-state index in [-0.39, 0.29) is 26.2 Å². The number of urea groups is 8. The first-order valence-electron chi connectivity index (χ1n) is 25.3. The zero-order chi connectivity index (χ0) is 52.6. The lowest BCUT2D eigenvalue weighted by atomic mass is 10.2. The highest BCUT2D eigenvalue weighted by Crippen LogP contribution is 2.45. The second-order valence-corrected chi connectivity index (χ2v) is 20.8. The van der Waals surface area contributed by atoms with Gasteiger partial charge in [0.05, 0.1) is 0 Å². The molecule has 4 aromatic carbocycles. The molecule has 0 spiro atoms. The number of carbonyl (C=O) groups is 8. The standard InChI is InChI=1S/C52H56N16O8/c1-53-37-41(57(45(53)69)25-33-17-9-5-10-18-33)65-30-62-39-43(59(47(71)55(39)3)27-35-21-13-7-14-22-35)67(51(62)75)32-64-40-44(60(48(72)56(40)4)28-36-23-15-8-16-24-36)68(52(64)76)31-63-38-42(66(50(63)74)29-61(37)49(65)73)58(46(70)54(38)2)26-34-19-11-6-12-20-34/h5-24,37-44H,25-32H2,1-4H3/t37-,38+,39+,40-,41+,42-,43-,44+. The minimum Gasteiger partial charge on any atom is -0.303 e. The van der Waals surface area contributed by atoms with E-state index in [0.29, 0.717) is 0 Å². The van der Waals surface area contributed by atoms with Crippen LogP contribution >= 0.6 is 0 Å². The van der Waals surface area contributed by atoms with E-state index in [0.717, 1.165) is 22.3 Å². The Morgan fingerprint density at radius 2 is 0.434 bits per heavy atom. The van der Waals surface area contributed by atoms with Crippen molar-refractivity contribution in [2.75, 3.05) is 54.9 Å². The van der Waals surface area contributed by atoms with E-state index >= 15 is 19.2 Å². The van der Waals surface area contributed by atoms with E-state index in [4.69, 9.17) is 0 Å². The second kappa shape index (κ2) is 17.3. The summed E-state index contributed by atoms with van der Waals surface area (Å²) in [5.74, 6) is 0. The van der Waals surface area contributed by atoms with Gasteiger partial charge in [0, 0.05) is 54.4 Å². The van der Waals surface area contributed by atoms with Crippen LogP contribution < -0.4 is 0 Å². The second-order valence-electron chi connectivity index (χ2n) is 20.8. The molecule has 16 amide bonds. The van der Waals surface area contributed by atoms with Crippen molar-refractivity contribution in [3.63, 3.8) is 0 Å². The van der Waals surface area contributed by atoms with Crippen LogP contribution in [0, 0.1) is 0 Å². The number of fused-ring (bicyclic) bond motifs is 20. The maximum Gasteiger partial charge on any atom is 0.326 e. The van der Waals surface area contributed by atoms with E-state index in [2.05, 4.69) is 0 Å².